The molecule has 0 fully saturated rings. The predicted octanol–water partition coefficient (Wildman–Crippen LogP) is 4.03. The van der Waals surface area contributed by atoms with E-state index in [1.807, 2.05) is 13.8 Å². The minimum atomic E-state index is -0.493. The number of halogens is 1. The van der Waals surface area contributed by atoms with Crippen molar-refractivity contribution in [2.24, 2.45) is 13.0 Å². The Morgan fingerprint density at radius 3 is 2.46 bits per heavy atom. The van der Waals surface area contributed by atoms with Gasteiger partial charge in [-0.15, -0.1) is 10.2 Å². The number of aromatic nitrogens is 3. The number of nitrogens with zero attached hydrogens (tertiary/aromatic N) is 4. The van der Waals surface area contributed by atoms with Crippen LogP contribution in [0.15, 0.2) is 47.6 Å². The lowest BCUT2D eigenvalue weighted by Crippen LogP contribution is -2.33. The topological polar surface area (TPSA) is 132 Å². The Kier molecular flexibility index (Phi) is 8.18. The molecule has 0 spiro atoms. The molecule has 1 aromatic heterocycles. The Hall–Kier alpha value is -3.80. The second kappa shape index (κ2) is 11.1. The molecule has 0 bridgehead atoms. The molecule has 1 atom stereocenters. The van der Waals surface area contributed by atoms with Crippen molar-refractivity contribution in [1.29, 1.82) is 0 Å². The predicted molar refractivity (Wildman–Crippen MR) is 130 cm³/mol. The van der Waals surface area contributed by atoms with Crippen molar-refractivity contribution >= 4 is 35.0 Å². The van der Waals surface area contributed by atoms with Gasteiger partial charge in [-0.05, 0) is 48.7 Å². The molecule has 2 aromatic carbocycles. The zero-order valence-corrected chi connectivity index (χ0v) is 20.4. The summed E-state index contributed by atoms with van der Waals surface area (Å²) in [6, 6.07) is 9.01. The molecule has 35 heavy (non-hydrogen) atoms. The summed E-state index contributed by atoms with van der Waals surface area (Å²) in [5.74, 6) is -0.556. The van der Waals surface area contributed by atoms with Crippen LogP contribution in [0, 0.1) is 28.8 Å². The molecule has 0 radical (unpaired) electrons. The van der Waals surface area contributed by atoms with E-state index in [0.29, 0.717) is 27.8 Å². The third-order valence-electron chi connectivity index (χ3n) is 5.23. The van der Waals surface area contributed by atoms with E-state index in [1.54, 1.807) is 18.5 Å². The van der Waals surface area contributed by atoms with Crippen LogP contribution < -0.4 is 10.6 Å². The van der Waals surface area contributed by atoms with Crippen LogP contribution in [0.25, 0.3) is 0 Å². The number of carbonyl (C=O) groups is 2. The Morgan fingerprint density at radius 2 is 1.86 bits per heavy atom. The van der Waals surface area contributed by atoms with Crippen molar-refractivity contribution in [3.8, 4) is 0 Å². The van der Waals surface area contributed by atoms with Crippen molar-refractivity contribution in [3.63, 3.8) is 0 Å². The van der Waals surface area contributed by atoms with Crippen LogP contribution >= 0.6 is 11.8 Å². The van der Waals surface area contributed by atoms with Crippen molar-refractivity contribution in [1.82, 2.24) is 20.1 Å². The summed E-state index contributed by atoms with van der Waals surface area (Å²) in [5, 5.41) is 25.4. The average Bonchev–Trinajstić information content (AvgIpc) is 3.17. The molecule has 0 aliphatic carbocycles. The molecule has 0 saturated carbocycles. The number of nitro groups is 1. The Balaban J connectivity index is 1.65. The first-order valence-electron chi connectivity index (χ1n) is 10.7. The molecule has 10 nitrogen and oxygen atoms in total. The summed E-state index contributed by atoms with van der Waals surface area (Å²) < 4.78 is 14.9. The van der Waals surface area contributed by atoms with E-state index >= 15 is 0 Å². The van der Waals surface area contributed by atoms with Gasteiger partial charge < -0.3 is 15.2 Å². The molecule has 12 heteroatoms. The third-order valence-corrected chi connectivity index (χ3v) is 6.25. The third kappa shape index (κ3) is 6.41. The second-order valence-corrected chi connectivity index (χ2v) is 9.14. The molecule has 0 aliphatic rings. The number of amides is 2. The van der Waals surface area contributed by atoms with Gasteiger partial charge in [-0.1, -0.05) is 25.6 Å². The fraction of sp³-hybridized carbons (Fsp3) is 0.304. The highest BCUT2D eigenvalue weighted by atomic mass is 32.2. The van der Waals surface area contributed by atoms with E-state index < -0.39 is 16.8 Å². The molecule has 1 heterocycles. The van der Waals surface area contributed by atoms with Crippen LogP contribution in [0.3, 0.4) is 0 Å². The zero-order chi connectivity index (χ0) is 25.7. The summed E-state index contributed by atoms with van der Waals surface area (Å²) in [7, 11) is 1.75. The van der Waals surface area contributed by atoms with E-state index in [-0.39, 0.29) is 29.2 Å². The SMILES string of the molecule is Cc1cc([N+](=O)[O-])ccc1NC(=O)CSc1nnc([C@@H](NC(=O)c2ccc(F)cc2)C(C)C)n1C. The molecular formula is C23H25FN6O4S. The maximum Gasteiger partial charge on any atom is 0.269 e. The van der Waals surface area contributed by atoms with E-state index in [9.17, 15) is 24.1 Å². The quantitative estimate of drug-likeness (QED) is 0.258. The Morgan fingerprint density at radius 1 is 1.17 bits per heavy atom. The van der Waals surface area contributed by atoms with Crippen LogP contribution in [0.4, 0.5) is 15.8 Å². The first-order chi connectivity index (χ1) is 16.6. The van der Waals surface area contributed by atoms with Gasteiger partial charge in [0.15, 0.2) is 11.0 Å². The van der Waals surface area contributed by atoms with E-state index in [1.165, 1.54) is 54.2 Å². The lowest BCUT2D eigenvalue weighted by Gasteiger charge is -2.21. The van der Waals surface area contributed by atoms with E-state index in [0.717, 1.165) is 0 Å². The number of benzene rings is 2. The van der Waals surface area contributed by atoms with Crippen molar-refractivity contribution in [3.05, 3.63) is 75.3 Å². The molecule has 0 unspecified atom stereocenters. The summed E-state index contributed by atoms with van der Waals surface area (Å²) in [6.07, 6.45) is 0. The van der Waals surface area contributed by atoms with E-state index in [2.05, 4.69) is 20.8 Å². The van der Waals surface area contributed by atoms with Gasteiger partial charge >= 0.3 is 0 Å². The standard InChI is InChI=1S/C23H25FN6O4S/c1-13(2)20(26-22(32)15-5-7-16(24)8-6-15)21-27-28-23(29(21)4)35-12-19(31)25-18-10-9-17(30(33)34)11-14(18)3/h5-11,13,20H,12H2,1-4H3,(H,25,31)(H,26,32)/t20-/m0/s1. The largest absolute Gasteiger partial charge is 0.342 e. The van der Waals surface area contributed by atoms with Gasteiger partial charge in [0.1, 0.15) is 5.82 Å². The summed E-state index contributed by atoms with van der Waals surface area (Å²) in [6.45, 7) is 5.53. The first kappa shape index (κ1) is 25.8. The fourth-order valence-corrected chi connectivity index (χ4v) is 4.01. The first-order valence-corrected chi connectivity index (χ1v) is 11.7. The number of aryl methyl sites for hydroxylation is 1. The maximum absolute atomic E-state index is 13.2. The lowest BCUT2D eigenvalue weighted by atomic mass is 10.0. The smallest absolute Gasteiger partial charge is 0.269 e. The average molecular weight is 501 g/mol. The highest BCUT2D eigenvalue weighted by molar-refractivity contribution is 7.99. The van der Waals surface area contributed by atoms with Crippen LogP contribution in [0.5, 0.6) is 0 Å². The fourth-order valence-electron chi connectivity index (χ4n) is 3.30. The van der Waals surface area contributed by atoms with Crippen LogP contribution in [0.1, 0.15) is 41.6 Å². The van der Waals surface area contributed by atoms with Crippen molar-refractivity contribution < 1.29 is 18.9 Å². The number of hydrogen-bond donors (Lipinski definition) is 2. The van der Waals surface area contributed by atoms with Crippen LogP contribution in [-0.4, -0.2) is 37.3 Å². The van der Waals surface area contributed by atoms with Gasteiger partial charge in [-0.25, -0.2) is 4.39 Å². The number of thioether (sulfide) groups is 1. The van der Waals surface area contributed by atoms with Gasteiger partial charge in [0.25, 0.3) is 11.6 Å². The monoisotopic (exact) mass is 500 g/mol. The van der Waals surface area contributed by atoms with Gasteiger partial charge in [-0.3, -0.25) is 19.7 Å². The maximum atomic E-state index is 13.2. The summed E-state index contributed by atoms with van der Waals surface area (Å²) >= 11 is 1.17. The highest BCUT2D eigenvalue weighted by Crippen LogP contribution is 2.25. The number of nitrogens with one attached hydrogen (secondary N) is 2. The molecule has 3 aromatic rings. The molecular weight excluding hydrogens is 475 g/mol. The van der Waals surface area contributed by atoms with Gasteiger partial charge in [0, 0.05) is 30.4 Å². The lowest BCUT2D eigenvalue weighted by molar-refractivity contribution is -0.384. The molecule has 2 N–H and O–H groups in total. The van der Waals surface area contributed by atoms with Gasteiger partial charge in [0.05, 0.1) is 16.7 Å². The minimum Gasteiger partial charge on any atom is -0.342 e. The highest BCUT2D eigenvalue weighted by Gasteiger charge is 2.25. The van der Waals surface area contributed by atoms with Crippen molar-refractivity contribution in [2.75, 3.05) is 11.1 Å². The minimum absolute atomic E-state index is 0.0199. The zero-order valence-electron chi connectivity index (χ0n) is 19.6. The van der Waals surface area contributed by atoms with E-state index in [4.69, 9.17) is 0 Å². The molecule has 0 aliphatic heterocycles. The van der Waals surface area contributed by atoms with Crippen LogP contribution in [-0.2, 0) is 11.8 Å². The summed E-state index contributed by atoms with van der Waals surface area (Å²) in [5.41, 5.74) is 1.35. The normalized spacial score (nSPS) is 11.8. The molecule has 2 amide bonds. The Labute approximate surface area is 205 Å². The second-order valence-electron chi connectivity index (χ2n) is 8.20. The number of carbonyl (C=O) groups excluding carboxylic acids is 2. The molecule has 0 saturated heterocycles. The number of non-ortho nitro benzene ring substituents is 1. The number of rotatable bonds is 9. The number of anilines is 1. The molecule has 3 rings (SSSR count). The number of hydrogen-bond acceptors (Lipinski definition) is 7. The number of nitro benzene ring substituents is 1. The summed E-state index contributed by atoms with van der Waals surface area (Å²) in [4.78, 5) is 35.5. The Bertz CT molecular complexity index is 1250. The van der Waals surface area contributed by atoms with Crippen molar-refractivity contribution in [2.45, 2.75) is 32.0 Å². The van der Waals surface area contributed by atoms with Gasteiger partial charge in [0.2, 0.25) is 5.91 Å². The van der Waals surface area contributed by atoms with Gasteiger partial charge in [-0.2, -0.15) is 0 Å². The van der Waals surface area contributed by atoms with Crippen LogP contribution in [0.2, 0.25) is 0 Å². The molecule has 184 valence electrons.